The van der Waals surface area contributed by atoms with Crippen LogP contribution in [0, 0.1) is 18.3 Å². The van der Waals surface area contributed by atoms with Crippen molar-refractivity contribution in [2.45, 2.75) is 25.5 Å². The van der Waals surface area contributed by atoms with Crippen molar-refractivity contribution in [3.8, 4) is 6.07 Å². The van der Waals surface area contributed by atoms with E-state index < -0.39 is 0 Å². The Morgan fingerprint density at radius 1 is 1.48 bits per heavy atom. The second-order valence-electron chi connectivity index (χ2n) is 5.05. The lowest BCUT2D eigenvalue weighted by Gasteiger charge is -2.24. The van der Waals surface area contributed by atoms with Gasteiger partial charge in [-0.05, 0) is 19.1 Å². The van der Waals surface area contributed by atoms with Crippen LogP contribution in [0.1, 0.15) is 29.8 Å². The predicted molar refractivity (Wildman–Crippen MR) is 75.6 cm³/mol. The molecule has 2 atom stereocenters. The molecule has 0 bridgehead atoms. The van der Waals surface area contributed by atoms with E-state index >= 15 is 0 Å². The summed E-state index contributed by atoms with van der Waals surface area (Å²) in [5.41, 5.74) is 1.35. The van der Waals surface area contributed by atoms with Crippen LogP contribution in [-0.4, -0.2) is 39.9 Å². The van der Waals surface area contributed by atoms with Crippen molar-refractivity contribution in [3.63, 3.8) is 0 Å². The molecule has 0 spiro atoms. The first kappa shape index (κ1) is 13.5. The van der Waals surface area contributed by atoms with Crippen LogP contribution in [0.3, 0.4) is 0 Å². The molecule has 0 radical (unpaired) electrons. The van der Waals surface area contributed by atoms with Crippen LogP contribution >= 0.6 is 0 Å². The fourth-order valence-corrected chi connectivity index (χ4v) is 2.63. The fourth-order valence-electron chi connectivity index (χ4n) is 2.63. The van der Waals surface area contributed by atoms with E-state index in [0.29, 0.717) is 5.69 Å². The summed E-state index contributed by atoms with van der Waals surface area (Å²) in [5, 5.41) is 16.0. The number of hydrogen-bond acceptors (Lipinski definition) is 6. The smallest absolute Gasteiger partial charge is 0.173 e. The Bertz CT molecular complexity index is 659. The molecule has 7 heteroatoms. The number of hydrogen-bond donors (Lipinski definition) is 1. The Morgan fingerprint density at radius 2 is 2.33 bits per heavy atom. The van der Waals surface area contributed by atoms with Crippen LogP contribution in [0.4, 0.5) is 5.69 Å². The quantitative estimate of drug-likeness (QED) is 0.914. The first-order valence-electron chi connectivity index (χ1n) is 6.75. The molecule has 1 aliphatic heterocycles. The Morgan fingerprint density at radius 3 is 2.90 bits per heavy atom. The molecule has 0 aliphatic carbocycles. The van der Waals surface area contributed by atoms with Gasteiger partial charge in [-0.15, -0.1) is 0 Å². The Balaban J connectivity index is 1.91. The molecule has 2 aromatic heterocycles. The largest absolute Gasteiger partial charge is 0.380 e. The maximum atomic E-state index is 8.84. The molecule has 21 heavy (non-hydrogen) atoms. The zero-order valence-electron chi connectivity index (χ0n) is 11.9. The number of ether oxygens (including phenoxy) is 1. The van der Waals surface area contributed by atoms with E-state index in [1.807, 2.05) is 19.1 Å². The van der Waals surface area contributed by atoms with Crippen LogP contribution in [0.25, 0.3) is 0 Å². The number of nitriles is 1. The van der Waals surface area contributed by atoms with Gasteiger partial charge in [0.2, 0.25) is 0 Å². The average molecular weight is 284 g/mol. The van der Waals surface area contributed by atoms with Crippen LogP contribution in [0.15, 0.2) is 18.3 Å². The lowest BCUT2D eigenvalue weighted by atomic mass is 10.2. The maximum absolute atomic E-state index is 8.84. The molecule has 0 aromatic carbocycles. The lowest BCUT2D eigenvalue weighted by Crippen LogP contribution is -2.25. The van der Waals surface area contributed by atoms with Gasteiger partial charge in [0.15, 0.2) is 5.82 Å². The molecule has 7 nitrogen and oxygen atoms in total. The molecular weight excluding hydrogens is 268 g/mol. The average Bonchev–Trinajstić information content (AvgIpc) is 3.13. The molecule has 1 saturated heterocycles. The highest BCUT2D eigenvalue weighted by molar-refractivity contribution is 5.49. The third kappa shape index (κ3) is 2.58. The molecule has 3 rings (SSSR count). The minimum atomic E-state index is 0.0506. The van der Waals surface area contributed by atoms with Gasteiger partial charge in [-0.3, -0.25) is 5.10 Å². The van der Waals surface area contributed by atoms with E-state index in [1.165, 1.54) is 0 Å². The van der Waals surface area contributed by atoms with E-state index in [-0.39, 0.29) is 12.1 Å². The monoisotopic (exact) mass is 284 g/mol. The lowest BCUT2D eigenvalue weighted by molar-refractivity contribution is 0.118. The van der Waals surface area contributed by atoms with Gasteiger partial charge < -0.3 is 9.64 Å². The molecule has 0 saturated carbocycles. The summed E-state index contributed by atoms with van der Waals surface area (Å²) in [6, 6.07) is 5.69. The van der Waals surface area contributed by atoms with Gasteiger partial charge in [-0.2, -0.15) is 10.4 Å². The zero-order valence-corrected chi connectivity index (χ0v) is 11.9. The minimum Gasteiger partial charge on any atom is -0.380 e. The molecular formula is C14H16N6O. The first-order chi connectivity index (χ1) is 10.2. The summed E-state index contributed by atoms with van der Waals surface area (Å²) in [4.78, 5) is 10.7. The summed E-state index contributed by atoms with van der Waals surface area (Å²) in [7, 11) is 1.71. The van der Waals surface area contributed by atoms with Gasteiger partial charge in [-0.1, -0.05) is 0 Å². The van der Waals surface area contributed by atoms with Crippen molar-refractivity contribution in [2.75, 3.05) is 18.6 Å². The van der Waals surface area contributed by atoms with E-state index in [0.717, 1.165) is 30.3 Å². The van der Waals surface area contributed by atoms with Crippen molar-refractivity contribution in [3.05, 3.63) is 35.7 Å². The molecule has 0 amide bonds. The van der Waals surface area contributed by atoms with Gasteiger partial charge in [-0.25, -0.2) is 9.97 Å². The van der Waals surface area contributed by atoms with Crippen LogP contribution < -0.4 is 4.90 Å². The topological polar surface area (TPSA) is 90.7 Å². The number of pyridine rings is 1. The number of aryl methyl sites for hydroxylation is 1. The SMILES string of the molecule is CO[C@@H]1C[C@@H](c2n[nH]c(C)n2)N(c2ccc(C#N)nc2)C1. The molecule has 1 N–H and O–H groups in total. The second-order valence-corrected chi connectivity index (χ2v) is 5.05. The summed E-state index contributed by atoms with van der Waals surface area (Å²) < 4.78 is 5.49. The number of aromatic amines is 1. The van der Waals surface area contributed by atoms with Crippen LogP contribution in [-0.2, 0) is 4.74 Å². The minimum absolute atomic E-state index is 0.0506. The van der Waals surface area contributed by atoms with Crippen molar-refractivity contribution < 1.29 is 4.74 Å². The zero-order chi connectivity index (χ0) is 14.8. The highest BCUT2D eigenvalue weighted by atomic mass is 16.5. The third-order valence-electron chi connectivity index (χ3n) is 3.70. The Labute approximate surface area is 122 Å². The van der Waals surface area contributed by atoms with Gasteiger partial charge in [0.05, 0.1) is 24.0 Å². The van der Waals surface area contributed by atoms with E-state index in [1.54, 1.807) is 19.4 Å². The predicted octanol–water partition coefficient (Wildman–Crippen LogP) is 1.35. The Hall–Kier alpha value is -2.46. The molecule has 0 unspecified atom stereocenters. The molecule has 1 fully saturated rings. The molecule has 108 valence electrons. The van der Waals surface area contributed by atoms with Gasteiger partial charge in [0.1, 0.15) is 17.6 Å². The van der Waals surface area contributed by atoms with Crippen LogP contribution in [0.5, 0.6) is 0 Å². The fraction of sp³-hybridized carbons (Fsp3) is 0.429. The number of rotatable bonds is 3. The first-order valence-corrected chi connectivity index (χ1v) is 6.75. The second kappa shape index (κ2) is 5.50. The number of nitrogens with one attached hydrogen (secondary N) is 1. The van der Waals surface area contributed by atoms with Crippen molar-refractivity contribution in [1.29, 1.82) is 5.26 Å². The number of nitrogens with zero attached hydrogens (tertiary/aromatic N) is 5. The standard InChI is InChI=1S/C14H16N6O/c1-9-17-14(19-18-9)13-5-12(21-2)8-20(13)11-4-3-10(6-15)16-7-11/h3-4,7,12-13H,5,8H2,1-2H3,(H,17,18,19)/t12-,13+/m1/s1. The number of aromatic nitrogens is 4. The summed E-state index contributed by atoms with van der Waals surface area (Å²) in [5.74, 6) is 1.56. The third-order valence-corrected chi connectivity index (χ3v) is 3.70. The van der Waals surface area contributed by atoms with Crippen molar-refractivity contribution in [2.24, 2.45) is 0 Å². The molecule has 3 heterocycles. The Kier molecular flexibility index (Phi) is 3.54. The van der Waals surface area contributed by atoms with Crippen LogP contribution in [0.2, 0.25) is 0 Å². The van der Waals surface area contributed by atoms with E-state index in [9.17, 15) is 0 Å². The number of methoxy groups -OCH3 is 1. The summed E-state index contributed by atoms with van der Waals surface area (Å²) in [6.07, 6.45) is 2.67. The maximum Gasteiger partial charge on any atom is 0.173 e. The van der Waals surface area contributed by atoms with Crippen molar-refractivity contribution >= 4 is 5.69 Å². The normalized spacial score (nSPS) is 21.5. The molecule has 2 aromatic rings. The van der Waals surface area contributed by atoms with Crippen molar-refractivity contribution in [1.82, 2.24) is 20.2 Å². The van der Waals surface area contributed by atoms with Gasteiger partial charge in [0.25, 0.3) is 0 Å². The van der Waals surface area contributed by atoms with E-state index in [4.69, 9.17) is 10.00 Å². The van der Waals surface area contributed by atoms with Gasteiger partial charge in [0, 0.05) is 20.1 Å². The van der Waals surface area contributed by atoms with Gasteiger partial charge >= 0.3 is 0 Å². The van der Waals surface area contributed by atoms with E-state index in [2.05, 4.69) is 25.1 Å². The molecule has 1 aliphatic rings. The summed E-state index contributed by atoms with van der Waals surface area (Å²) >= 11 is 0. The highest BCUT2D eigenvalue weighted by Gasteiger charge is 2.35. The summed E-state index contributed by atoms with van der Waals surface area (Å²) in [6.45, 7) is 2.63. The highest BCUT2D eigenvalue weighted by Crippen LogP contribution is 2.35. The number of anilines is 1. The number of H-pyrrole nitrogens is 1.